The molecule has 1 heterocycles. The molecular formula is C21H36N6O. The van der Waals surface area contributed by atoms with E-state index in [9.17, 15) is 4.79 Å². The van der Waals surface area contributed by atoms with Crippen LogP contribution in [0.4, 0.5) is 0 Å². The molecular weight excluding hydrogens is 352 g/mol. The molecule has 1 amide bonds. The van der Waals surface area contributed by atoms with E-state index in [0.29, 0.717) is 18.5 Å². The third-order valence-corrected chi connectivity index (χ3v) is 5.40. The second-order valence-electron chi connectivity index (χ2n) is 8.57. The zero-order chi connectivity index (χ0) is 19.9. The smallest absolute Gasteiger partial charge is 0.223 e. The van der Waals surface area contributed by atoms with Gasteiger partial charge in [-0.15, -0.1) is 0 Å². The average molecular weight is 389 g/mol. The second kappa shape index (κ2) is 9.94. The van der Waals surface area contributed by atoms with Crippen LogP contribution in [0.3, 0.4) is 0 Å². The molecule has 28 heavy (non-hydrogen) atoms. The summed E-state index contributed by atoms with van der Waals surface area (Å²) < 4.78 is 2.18. The van der Waals surface area contributed by atoms with Crippen molar-refractivity contribution in [3.63, 3.8) is 0 Å². The molecule has 1 aromatic heterocycles. The Labute approximate surface area is 168 Å². The number of aromatic nitrogens is 2. The maximum atomic E-state index is 12.4. The number of amides is 1. The monoisotopic (exact) mass is 388 g/mol. The lowest BCUT2D eigenvalue weighted by atomic mass is 9.85. The third-order valence-electron chi connectivity index (χ3n) is 5.40. The summed E-state index contributed by atoms with van der Waals surface area (Å²) in [6.45, 7) is 8.80. The van der Waals surface area contributed by atoms with Gasteiger partial charge in [-0.1, -0.05) is 20.3 Å². The van der Waals surface area contributed by atoms with Crippen molar-refractivity contribution in [2.45, 2.75) is 84.5 Å². The standard InChI is InChI=1S/C21H36N6O/c1-4-22-21(24-13-19-23-10-11-27(19)14-15(2)3)26-18-7-5-6-16(12-18)20(28)25-17-8-9-17/h10-11,15-18H,4-9,12-14H2,1-3H3,(H,25,28)(H2,22,24,26). The normalized spacial score (nSPS) is 22.9. The van der Waals surface area contributed by atoms with E-state index in [2.05, 4.69) is 46.3 Å². The number of rotatable bonds is 8. The first kappa shape index (κ1) is 20.7. The highest BCUT2D eigenvalue weighted by molar-refractivity contribution is 5.81. The highest BCUT2D eigenvalue weighted by Crippen LogP contribution is 2.26. The molecule has 7 heteroatoms. The molecule has 2 saturated carbocycles. The van der Waals surface area contributed by atoms with Crippen LogP contribution in [0.5, 0.6) is 0 Å². The van der Waals surface area contributed by atoms with Crippen LogP contribution < -0.4 is 16.0 Å². The van der Waals surface area contributed by atoms with Gasteiger partial charge in [-0.3, -0.25) is 4.79 Å². The van der Waals surface area contributed by atoms with Crippen LogP contribution >= 0.6 is 0 Å². The first-order valence-electron chi connectivity index (χ1n) is 10.9. The second-order valence-corrected chi connectivity index (χ2v) is 8.57. The topological polar surface area (TPSA) is 83.3 Å². The Kier molecular flexibility index (Phi) is 7.34. The molecule has 2 fully saturated rings. The van der Waals surface area contributed by atoms with Gasteiger partial charge < -0.3 is 20.5 Å². The fourth-order valence-corrected chi connectivity index (χ4v) is 3.82. The number of guanidine groups is 1. The minimum Gasteiger partial charge on any atom is -0.357 e. The molecule has 0 bridgehead atoms. The Morgan fingerprint density at radius 3 is 2.79 bits per heavy atom. The van der Waals surface area contributed by atoms with E-state index in [1.165, 1.54) is 0 Å². The van der Waals surface area contributed by atoms with E-state index in [0.717, 1.165) is 63.4 Å². The Morgan fingerprint density at radius 2 is 2.07 bits per heavy atom. The van der Waals surface area contributed by atoms with Gasteiger partial charge in [-0.25, -0.2) is 9.98 Å². The van der Waals surface area contributed by atoms with Gasteiger partial charge in [0.05, 0.1) is 0 Å². The number of aliphatic imine (C=N–C) groups is 1. The van der Waals surface area contributed by atoms with Gasteiger partial charge in [0.1, 0.15) is 12.4 Å². The van der Waals surface area contributed by atoms with Gasteiger partial charge in [0.25, 0.3) is 0 Å². The Bertz CT molecular complexity index is 664. The van der Waals surface area contributed by atoms with Crippen molar-refractivity contribution in [2.24, 2.45) is 16.8 Å². The van der Waals surface area contributed by atoms with Crippen LogP contribution in [-0.2, 0) is 17.9 Å². The summed E-state index contributed by atoms with van der Waals surface area (Å²) in [5, 5.41) is 10.1. The molecule has 0 spiro atoms. The lowest BCUT2D eigenvalue weighted by Gasteiger charge is -2.30. The Morgan fingerprint density at radius 1 is 1.25 bits per heavy atom. The van der Waals surface area contributed by atoms with Crippen molar-refractivity contribution in [2.75, 3.05) is 6.54 Å². The van der Waals surface area contributed by atoms with E-state index in [1.807, 2.05) is 12.4 Å². The minimum atomic E-state index is 0.125. The zero-order valence-corrected chi connectivity index (χ0v) is 17.6. The van der Waals surface area contributed by atoms with E-state index < -0.39 is 0 Å². The first-order valence-corrected chi connectivity index (χ1v) is 10.9. The predicted molar refractivity (Wildman–Crippen MR) is 112 cm³/mol. The largest absolute Gasteiger partial charge is 0.357 e. The fourth-order valence-electron chi connectivity index (χ4n) is 3.82. The molecule has 2 aliphatic carbocycles. The molecule has 0 saturated heterocycles. The third kappa shape index (κ3) is 6.24. The van der Waals surface area contributed by atoms with Crippen LogP contribution in [-0.4, -0.2) is 40.0 Å². The number of imidazole rings is 1. The predicted octanol–water partition coefficient (Wildman–Crippen LogP) is 2.43. The summed E-state index contributed by atoms with van der Waals surface area (Å²) in [7, 11) is 0. The number of hydrogen-bond acceptors (Lipinski definition) is 3. The average Bonchev–Trinajstić information content (AvgIpc) is 3.37. The SMILES string of the molecule is CCNC(=NCc1nccn1CC(C)C)NC1CCCC(C(=O)NC2CC2)C1. The number of nitrogens with one attached hydrogen (secondary N) is 3. The fraction of sp³-hybridized carbons (Fsp3) is 0.762. The molecule has 0 radical (unpaired) electrons. The first-order chi connectivity index (χ1) is 13.5. The van der Waals surface area contributed by atoms with Crippen molar-refractivity contribution in [3.05, 3.63) is 18.2 Å². The van der Waals surface area contributed by atoms with E-state index >= 15 is 0 Å². The van der Waals surface area contributed by atoms with Crippen molar-refractivity contribution in [3.8, 4) is 0 Å². The van der Waals surface area contributed by atoms with Crippen LogP contribution in [0.2, 0.25) is 0 Å². The van der Waals surface area contributed by atoms with Crippen LogP contribution in [0.25, 0.3) is 0 Å². The molecule has 3 N–H and O–H groups in total. The number of carbonyl (C=O) groups excluding carboxylic acids is 1. The van der Waals surface area contributed by atoms with Crippen molar-refractivity contribution >= 4 is 11.9 Å². The van der Waals surface area contributed by atoms with Crippen LogP contribution in [0.15, 0.2) is 17.4 Å². The Hall–Kier alpha value is -2.05. The minimum absolute atomic E-state index is 0.125. The van der Waals surface area contributed by atoms with Gasteiger partial charge in [-0.05, 0) is 44.9 Å². The van der Waals surface area contributed by atoms with Crippen LogP contribution in [0.1, 0.15) is 65.1 Å². The van der Waals surface area contributed by atoms with Gasteiger partial charge in [0, 0.05) is 43.5 Å². The molecule has 0 aromatic carbocycles. The summed E-state index contributed by atoms with van der Waals surface area (Å²) in [5.41, 5.74) is 0. The molecule has 3 rings (SSSR count). The van der Waals surface area contributed by atoms with Gasteiger partial charge in [0.15, 0.2) is 5.96 Å². The maximum absolute atomic E-state index is 12.4. The number of nitrogens with zero attached hydrogens (tertiary/aromatic N) is 3. The summed E-state index contributed by atoms with van der Waals surface area (Å²) in [5.74, 6) is 2.74. The molecule has 7 nitrogen and oxygen atoms in total. The quantitative estimate of drug-likeness (QED) is 0.472. The number of hydrogen-bond donors (Lipinski definition) is 3. The van der Waals surface area contributed by atoms with Crippen LogP contribution in [0, 0.1) is 11.8 Å². The van der Waals surface area contributed by atoms with Crippen molar-refractivity contribution in [1.82, 2.24) is 25.5 Å². The number of carbonyl (C=O) groups is 1. The lowest BCUT2D eigenvalue weighted by Crippen LogP contribution is -2.47. The molecule has 1 aromatic rings. The van der Waals surface area contributed by atoms with Gasteiger partial charge in [-0.2, -0.15) is 0 Å². The molecule has 2 unspecified atom stereocenters. The highest BCUT2D eigenvalue weighted by atomic mass is 16.2. The zero-order valence-electron chi connectivity index (χ0n) is 17.6. The summed E-state index contributed by atoms with van der Waals surface area (Å²) in [6, 6.07) is 0.728. The van der Waals surface area contributed by atoms with E-state index in [-0.39, 0.29) is 17.9 Å². The Balaban J connectivity index is 1.56. The van der Waals surface area contributed by atoms with E-state index in [1.54, 1.807) is 0 Å². The van der Waals surface area contributed by atoms with Crippen molar-refractivity contribution in [1.29, 1.82) is 0 Å². The molecule has 2 atom stereocenters. The maximum Gasteiger partial charge on any atom is 0.223 e. The lowest BCUT2D eigenvalue weighted by molar-refractivity contribution is -0.126. The highest BCUT2D eigenvalue weighted by Gasteiger charge is 2.31. The van der Waals surface area contributed by atoms with E-state index in [4.69, 9.17) is 4.99 Å². The van der Waals surface area contributed by atoms with Crippen molar-refractivity contribution < 1.29 is 4.79 Å². The molecule has 156 valence electrons. The summed E-state index contributed by atoms with van der Waals surface area (Å²) in [4.78, 5) is 21.6. The summed E-state index contributed by atoms with van der Waals surface area (Å²) >= 11 is 0. The molecule has 0 aliphatic heterocycles. The van der Waals surface area contributed by atoms with Gasteiger partial charge in [0.2, 0.25) is 5.91 Å². The summed E-state index contributed by atoms with van der Waals surface area (Å²) in [6.07, 6.45) is 10.2. The van der Waals surface area contributed by atoms with Gasteiger partial charge >= 0.3 is 0 Å². The molecule has 2 aliphatic rings.